The molecule has 0 unspecified atom stereocenters. The molecule has 1 aromatic carbocycles. The van der Waals surface area contributed by atoms with Crippen LogP contribution >= 0.6 is 24.0 Å². The van der Waals surface area contributed by atoms with E-state index in [2.05, 4.69) is 22.8 Å². The molecular formula is C26H32N4O2S2. The van der Waals surface area contributed by atoms with Crippen LogP contribution in [-0.4, -0.2) is 63.4 Å². The van der Waals surface area contributed by atoms with E-state index in [0.717, 1.165) is 75.0 Å². The van der Waals surface area contributed by atoms with Crippen LogP contribution in [0.15, 0.2) is 34.0 Å². The molecule has 1 aliphatic carbocycles. The Balaban J connectivity index is 1.60. The van der Waals surface area contributed by atoms with E-state index >= 15 is 0 Å². The molecule has 1 aromatic heterocycles. The average Bonchev–Trinajstić information content (AvgIpc) is 3.15. The number of piperazine rings is 1. The van der Waals surface area contributed by atoms with Gasteiger partial charge >= 0.3 is 0 Å². The molecule has 1 amide bonds. The summed E-state index contributed by atoms with van der Waals surface area (Å²) in [5.74, 6) is -0.0427. The first-order chi connectivity index (χ1) is 16.5. The van der Waals surface area contributed by atoms with E-state index in [0.29, 0.717) is 14.8 Å². The quantitative estimate of drug-likeness (QED) is 0.467. The zero-order chi connectivity index (χ0) is 23.8. The van der Waals surface area contributed by atoms with Crippen molar-refractivity contribution in [3.8, 4) is 0 Å². The number of aromatic nitrogens is 1. The van der Waals surface area contributed by atoms with E-state index in [1.807, 2.05) is 36.2 Å². The Bertz CT molecular complexity index is 1210. The zero-order valence-electron chi connectivity index (χ0n) is 20.0. The van der Waals surface area contributed by atoms with Crippen LogP contribution in [0.2, 0.25) is 0 Å². The van der Waals surface area contributed by atoms with Gasteiger partial charge in [0, 0.05) is 44.7 Å². The number of pyridine rings is 1. The smallest absolute Gasteiger partial charge is 0.266 e. The summed E-state index contributed by atoms with van der Waals surface area (Å²) in [7, 11) is 1.81. The molecule has 3 fully saturated rings. The van der Waals surface area contributed by atoms with Crippen molar-refractivity contribution in [3.05, 3.63) is 45.1 Å². The second kappa shape index (κ2) is 9.84. The highest BCUT2D eigenvalue weighted by Crippen LogP contribution is 2.39. The molecule has 0 N–H and O–H groups in total. The van der Waals surface area contributed by atoms with E-state index in [1.165, 1.54) is 18.2 Å². The van der Waals surface area contributed by atoms with Crippen LogP contribution in [0.1, 0.15) is 44.6 Å². The molecule has 3 aliphatic rings. The van der Waals surface area contributed by atoms with Gasteiger partial charge in [-0.1, -0.05) is 68.4 Å². The number of fused-ring (bicyclic) bond motifs is 1. The highest BCUT2D eigenvalue weighted by molar-refractivity contribution is 8.26. The van der Waals surface area contributed by atoms with E-state index in [-0.39, 0.29) is 17.5 Å². The molecule has 1 saturated carbocycles. The van der Waals surface area contributed by atoms with Crippen LogP contribution in [0, 0.1) is 0 Å². The standard InChI is InChI=1S/C26H32N4O2S2/c1-3-28-13-15-29(16-14-28)23-19-11-7-8-12-21(19)27(2)24(31)20(23)17-22-25(32)30(26(33)34-22)18-9-5-4-6-10-18/h7-8,11-12,17-18H,3-6,9-10,13-16H2,1-2H3. The third-order valence-corrected chi connectivity index (χ3v) is 8.82. The van der Waals surface area contributed by atoms with Crippen LogP contribution in [0.3, 0.4) is 0 Å². The number of anilines is 1. The molecule has 0 bridgehead atoms. The maximum Gasteiger partial charge on any atom is 0.266 e. The lowest BCUT2D eigenvalue weighted by Crippen LogP contribution is -2.47. The molecule has 0 spiro atoms. The predicted molar refractivity (Wildman–Crippen MR) is 145 cm³/mol. The Kier molecular flexibility index (Phi) is 6.82. The van der Waals surface area contributed by atoms with Gasteiger partial charge in [-0.05, 0) is 31.5 Å². The van der Waals surface area contributed by atoms with Gasteiger partial charge in [-0.3, -0.25) is 14.5 Å². The average molecular weight is 497 g/mol. The number of carbonyl (C=O) groups excluding carboxylic acids is 1. The fourth-order valence-corrected chi connectivity index (χ4v) is 6.91. The van der Waals surface area contributed by atoms with Crippen molar-refractivity contribution in [1.82, 2.24) is 14.4 Å². The molecule has 2 aliphatic heterocycles. The molecule has 2 aromatic rings. The van der Waals surface area contributed by atoms with E-state index in [9.17, 15) is 9.59 Å². The Morgan fingerprint density at radius 1 is 1.06 bits per heavy atom. The van der Waals surface area contributed by atoms with Gasteiger partial charge in [0.15, 0.2) is 0 Å². The number of carbonyl (C=O) groups is 1. The second-order valence-electron chi connectivity index (χ2n) is 9.41. The normalized spacial score (nSPS) is 21.9. The first-order valence-corrected chi connectivity index (χ1v) is 13.6. The summed E-state index contributed by atoms with van der Waals surface area (Å²) in [6.07, 6.45) is 7.33. The highest BCUT2D eigenvalue weighted by atomic mass is 32.2. The van der Waals surface area contributed by atoms with Gasteiger partial charge in [0.2, 0.25) is 0 Å². The maximum atomic E-state index is 13.6. The lowest BCUT2D eigenvalue weighted by Gasteiger charge is -2.37. The lowest BCUT2D eigenvalue weighted by molar-refractivity contribution is -0.124. The SMILES string of the molecule is CCN1CCN(c2c(C=C3SC(=S)N(C4CCCCC4)C3=O)c(=O)n(C)c3ccccc23)CC1. The van der Waals surface area contributed by atoms with Crippen molar-refractivity contribution < 1.29 is 4.79 Å². The van der Waals surface area contributed by atoms with Gasteiger partial charge in [0.05, 0.1) is 21.7 Å². The lowest BCUT2D eigenvalue weighted by atomic mass is 9.94. The fraction of sp³-hybridized carbons (Fsp3) is 0.500. The summed E-state index contributed by atoms with van der Waals surface area (Å²) in [6.45, 7) is 6.85. The van der Waals surface area contributed by atoms with Gasteiger partial charge < -0.3 is 14.4 Å². The number of thioether (sulfide) groups is 1. The number of hydrogen-bond acceptors (Lipinski definition) is 6. The number of aryl methyl sites for hydroxylation is 1. The predicted octanol–water partition coefficient (Wildman–Crippen LogP) is 4.21. The van der Waals surface area contributed by atoms with Crippen LogP contribution in [0.25, 0.3) is 17.0 Å². The Morgan fingerprint density at radius 3 is 2.47 bits per heavy atom. The van der Waals surface area contributed by atoms with Gasteiger partial charge in [0.1, 0.15) is 4.32 Å². The van der Waals surface area contributed by atoms with Gasteiger partial charge in [-0.15, -0.1) is 0 Å². The minimum Gasteiger partial charge on any atom is -0.368 e. The number of benzene rings is 1. The summed E-state index contributed by atoms with van der Waals surface area (Å²) in [5, 5.41) is 1.04. The number of amides is 1. The van der Waals surface area contributed by atoms with Crippen molar-refractivity contribution in [2.45, 2.75) is 45.1 Å². The van der Waals surface area contributed by atoms with E-state index < -0.39 is 0 Å². The molecule has 5 rings (SSSR count). The summed E-state index contributed by atoms with van der Waals surface area (Å²) < 4.78 is 2.33. The van der Waals surface area contributed by atoms with Crippen LogP contribution in [0.5, 0.6) is 0 Å². The third-order valence-electron chi connectivity index (χ3n) is 7.49. The number of nitrogens with zero attached hydrogens (tertiary/aromatic N) is 4. The number of para-hydroxylation sites is 1. The number of rotatable bonds is 4. The van der Waals surface area contributed by atoms with Gasteiger partial charge in [0.25, 0.3) is 11.5 Å². The minimum absolute atomic E-state index is 0.0427. The monoisotopic (exact) mass is 496 g/mol. The molecular weight excluding hydrogens is 464 g/mol. The Morgan fingerprint density at radius 2 is 1.76 bits per heavy atom. The number of hydrogen-bond donors (Lipinski definition) is 0. The Labute approximate surface area is 210 Å². The van der Waals surface area contributed by atoms with Crippen molar-refractivity contribution in [3.63, 3.8) is 0 Å². The molecule has 6 nitrogen and oxygen atoms in total. The number of likely N-dealkylation sites (N-methyl/N-ethyl adjacent to an activating group) is 1. The van der Waals surface area contributed by atoms with Crippen LogP contribution in [-0.2, 0) is 11.8 Å². The zero-order valence-corrected chi connectivity index (χ0v) is 21.6. The summed E-state index contributed by atoms with van der Waals surface area (Å²) >= 11 is 6.98. The summed E-state index contributed by atoms with van der Waals surface area (Å²) in [4.78, 5) is 34.2. The third kappa shape index (κ3) is 4.20. The molecule has 2 saturated heterocycles. The Hall–Kier alpha value is -2.16. The molecule has 3 heterocycles. The second-order valence-corrected chi connectivity index (χ2v) is 11.1. The first kappa shape index (κ1) is 23.6. The van der Waals surface area contributed by atoms with Gasteiger partial charge in [-0.25, -0.2) is 0 Å². The topological polar surface area (TPSA) is 48.8 Å². The maximum absolute atomic E-state index is 13.6. The van der Waals surface area contributed by atoms with Crippen molar-refractivity contribution in [2.75, 3.05) is 37.6 Å². The molecule has 8 heteroatoms. The molecule has 0 atom stereocenters. The largest absolute Gasteiger partial charge is 0.368 e. The van der Waals surface area contributed by atoms with E-state index in [4.69, 9.17) is 12.2 Å². The first-order valence-electron chi connectivity index (χ1n) is 12.4. The van der Waals surface area contributed by atoms with Crippen molar-refractivity contribution in [1.29, 1.82) is 0 Å². The van der Waals surface area contributed by atoms with Crippen LogP contribution in [0.4, 0.5) is 5.69 Å². The molecule has 180 valence electrons. The summed E-state index contributed by atoms with van der Waals surface area (Å²) in [6, 6.07) is 8.25. The minimum atomic E-state index is -0.0745. The molecule has 34 heavy (non-hydrogen) atoms. The van der Waals surface area contributed by atoms with E-state index in [1.54, 1.807) is 4.57 Å². The molecule has 0 radical (unpaired) electrons. The fourth-order valence-electron chi connectivity index (χ4n) is 5.53. The van der Waals surface area contributed by atoms with Gasteiger partial charge in [-0.2, -0.15) is 0 Å². The highest BCUT2D eigenvalue weighted by Gasteiger charge is 2.38. The summed E-state index contributed by atoms with van der Waals surface area (Å²) in [5.41, 5.74) is 2.37. The van der Waals surface area contributed by atoms with Crippen molar-refractivity contribution >= 4 is 56.9 Å². The number of thiocarbonyl (C=S) groups is 1. The van der Waals surface area contributed by atoms with Crippen LogP contribution < -0.4 is 10.5 Å². The van der Waals surface area contributed by atoms with Crippen molar-refractivity contribution in [2.24, 2.45) is 7.05 Å².